The van der Waals surface area contributed by atoms with Crippen molar-refractivity contribution in [2.75, 3.05) is 13.1 Å². The van der Waals surface area contributed by atoms with E-state index in [0.717, 1.165) is 0 Å². The van der Waals surface area contributed by atoms with Crippen molar-refractivity contribution in [3.8, 4) is 0 Å². The van der Waals surface area contributed by atoms with Gasteiger partial charge in [0.15, 0.2) is 0 Å². The highest BCUT2D eigenvalue weighted by atomic mass is 35.5. The van der Waals surface area contributed by atoms with Gasteiger partial charge in [-0.15, -0.1) is 0 Å². The monoisotopic (exact) mass is 190 g/mol. The quantitative estimate of drug-likeness (QED) is 0.675. The fourth-order valence-electron chi connectivity index (χ4n) is 0.685. The van der Waals surface area contributed by atoms with Crippen LogP contribution in [0.3, 0.4) is 0 Å². The lowest BCUT2D eigenvalue weighted by molar-refractivity contribution is -0.120. The Balaban J connectivity index is 3.38. The van der Waals surface area contributed by atoms with Crippen LogP contribution in [-0.2, 0) is 4.79 Å². The topological polar surface area (TPSA) is 41.1 Å². The van der Waals surface area contributed by atoms with Gasteiger partial charge in [0.2, 0.25) is 5.91 Å². The first-order valence-electron chi connectivity index (χ1n) is 3.85. The molecule has 0 aliphatic rings. The second-order valence-corrected chi connectivity index (χ2v) is 3.38. The summed E-state index contributed by atoms with van der Waals surface area (Å²) >= 11 is 5.48. The third kappa shape index (κ3) is 7.57. The summed E-state index contributed by atoms with van der Waals surface area (Å²) in [6.07, 6.45) is 0. The SMILES string of the molecule is C=C(Cl)CNCC(=O)NC(C)C. The molecule has 0 atom stereocenters. The molecule has 0 unspecified atom stereocenters. The van der Waals surface area contributed by atoms with E-state index >= 15 is 0 Å². The third-order valence-electron chi connectivity index (χ3n) is 1.05. The zero-order valence-corrected chi connectivity index (χ0v) is 8.24. The second kappa shape index (κ2) is 6.03. The Morgan fingerprint density at radius 1 is 1.50 bits per heavy atom. The molecular weight excluding hydrogens is 176 g/mol. The Morgan fingerprint density at radius 2 is 2.08 bits per heavy atom. The summed E-state index contributed by atoms with van der Waals surface area (Å²) < 4.78 is 0. The molecule has 0 saturated carbocycles. The summed E-state index contributed by atoms with van der Waals surface area (Å²) in [7, 11) is 0. The lowest BCUT2D eigenvalue weighted by atomic mass is 10.4. The number of amides is 1. The van der Waals surface area contributed by atoms with E-state index in [4.69, 9.17) is 11.6 Å². The van der Waals surface area contributed by atoms with Crippen molar-refractivity contribution in [2.45, 2.75) is 19.9 Å². The van der Waals surface area contributed by atoms with Crippen molar-refractivity contribution in [1.82, 2.24) is 10.6 Å². The highest BCUT2D eigenvalue weighted by Gasteiger charge is 2.01. The Labute approximate surface area is 78.2 Å². The van der Waals surface area contributed by atoms with Crippen LogP contribution in [-0.4, -0.2) is 25.0 Å². The largest absolute Gasteiger partial charge is 0.353 e. The molecule has 12 heavy (non-hydrogen) atoms. The molecule has 0 aromatic carbocycles. The van der Waals surface area contributed by atoms with Gasteiger partial charge in [0, 0.05) is 17.6 Å². The fourth-order valence-corrected chi connectivity index (χ4v) is 0.779. The van der Waals surface area contributed by atoms with Crippen molar-refractivity contribution in [1.29, 1.82) is 0 Å². The zero-order chi connectivity index (χ0) is 9.56. The lowest BCUT2D eigenvalue weighted by Gasteiger charge is -2.08. The fraction of sp³-hybridized carbons (Fsp3) is 0.625. The summed E-state index contributed by atoms with van der Waals surface area (Å²) in [6.45, 7) is 8.06. The van der Waals surface area contributed by atoms with Crippen LogP contribution < -0.4 is 10.6 Å². The van der Waals surface area contributed by atoms with E-state index in [1.54, 1.807) is 0 Å². The minimum absolute atomic E-state index is 0.0251. The molecule has 0 aliphatic heterocycles. The Kier molecular flexibility index (Phi) is 5.76. The molecule has 70 valence electrons. The van der Waals surface area contributed by atoms with Gasteiger partial charge < -0.3 is 10.6 Å². The van der Waals surface area contributed by atoms with Gasteiger partial charge in [-0.1, -0.05) is 18.2 Å². The molecule has 0 aromatic rings. The number of hydrogen-bond donors (Lipinski definition) is 2. The number of carbonyl (C=O) groups is 1. The molecule has 0 bridgehead atoms. The predicted octanol–water partition coefficient (Wildman–Crippen LogP) is 0.853. The molecule has 4 heteroatoms. The summed E-state index contributed by atoms with van der Waals surface area (Å²) in [5, 5.41) is 6.10. The number of rotatable bonds is 5. The number of halogens is 1. The van der Waals surface area contributed by atoms with E-state index in [1.165, 1.54) is 0 Å². The van der Waals surface area contributed by atoms with E-state index in [9.17, 15) is 4.79 Å². The van der Waals surface area contributed by atoms with Crippen LogP contribution in [0.5, 0.6) is 0 Å². The summed E-state index contributed by atoms with van der Waals surface area (Å²) in [5.74, 6) is -0.0251. The zero-order valence-electron chi connectivity index (χ0n) is 7.48. The Bertz CT molecular complexity index is 168. The molecule has 0 fully saturated rings. The highest BCUT2D eigenvalue weighted by Crippen LogP contribution is 1.91. The second-order valence-electron chi connectivity index (χ2n) is 2.84. The molecule has 0 saturated heterocycles. The van der Waals surface area contributed by atoms with Crippen molar-refractivity contribution >= 4 is 17.5 Å². The van der Waals surface area contributed by atoms with Gasteiger partial charge in [0.05, 0.1) is 6.54 Å². The maximum atomic E-state index is 11.0. The van der Waals surface area contributed by atoms with E-state index in [0.29, 0.717) is 11.6 Å². The van der Waals surface area contributed by atoms with Crippen LogP contribution >= 0.6 is 11.6 Å². The highest BCUT2D eigenvalue weighted by molar-refractivity contribution is 6.29. The first-order valence-corrected chi connectivity index (χ1v) is 4.23. The minimum atomic E-state index is -0.0251. The van der Waals surface area contributed by atoms with Crippen molar-refractivity contribution < 1.29 is 4.79 Å². The maximum absolute atomic E-state index is 11.0. The van der Waals surface area contributed by atoms with Gasteiger partial charge in [-0.3, -0.25) is 4.79 Å². The first kappa shape index (κ1) is 11.5. The van der Waals surface area contributed by atoms with Crippen LogP contribution in [0.4, 0.5) is 0 Å². The van der Waals surface area contributed by atoms with Gasteiger partial charge in [0.1, 0.15) is 0 Å². The molecule has 3 nitrogen and oxygen atoms in total. The minimum Gasteiger partial charge on any atom is -0.353 e. The standard InChI is InChI=1S/C8H15ClN2O/c1-6(2)11-8(12)5-10-4-7(3)9/h6,10H,3-5H2,1-2H3,(H,11,12). The molecule has 0 aliphatic carbocycles. The number of carbonyl (C=O) groups excluding carboxylic acids is 1. The van der Waals surface area contributed by atoms with Gasteiger partial charge >= 0.3 is 0 Å². The van der Waals surface area contributed by atoms with Gasteiger partial charge in [-0.2, -0.15) is 0 Å². The molecule has 2 N–H and O–H groups in total. The number of nitrogens with one attached hydrogen (secondary N) is 2. The molecule has 0 spiro atoms. The number of hydrogen-bond acceptors (Lipinski definition) is 2. The van der Waals surface area contributed by atoms with Crippen LogP contribution in [0.2, 0.25) is 0 Å². The maximum Gasteiger partial charge on any atom is 0.234 e. The van der Waals surface area contributed by atoms with Crippen LogP contribution in [0.25, 0.3) is 0 Å². The normalized spacial score (nSPS) is 10.0. The first-order chi connectivity index (χ1) is 5.52. The van der Waals surface area contributed by atoms with E-state index < -0.39 is 0 Å². The van der Waals surface area contributed by atoms with Crippen molar-refractivity contribution in [2.24, 2.45) is 0 Å². The van der Waals surface area contributed by atoms with Gasteiger partial charge in [-0.05, 0) is 13.8 Å². The van der Waals surface area contributed by atoms with E-state index in [2.05, 4.69) is 17.2 Å². The smallest absolute Gasteiger partial charge is 0.234 e. The Morgan fingerprint density at radius 3 is 2.50 bits per heavy atom. The molecule has 0 aromatic heterocycles. The van der Waals surface area contributed by atoms with Crippen molar-refractivity contribution in [3.63, 3.8) is 0 Å². The van der Waals surface area contributed by atoms with Crippen LogP contribution in [0, 0.1) is 0 Å². The average Bonchev–Trinajstić information content (AvgIpc) is 1.84. The predicted molar refractivity (Wildman–Crippen MR) is 51.1 cm³/mol. The van der Waals surface area contributed by atoms with Crippen molar-refractivity contribution in [3.05, 3.63) is 11.6 Å². The lowest BCUT2D eigenvalue weighted by Crippen LogP contribution is -2.37. The average molecular weight is 191 g/mol. The van der Waals surface area contributed by atoms with Gasteiger partial charge in [0.25, 0.3) is 0 Å². The summed E-state index contributed by atoms with van der Waals surface area (Å²) in [5.41, 5.74) is 0. The van der Waals surface area contributed by atoms with Gasteiger partial charge in [-0.25, -0.2) is 0 Å². The summed E-state index contributed by atoms with van der Waals surface area (Å²) in [6, 6.07) is 0.179. The van der Waals surface area contributed by atoms with Crippen LogP contribution in [0.1, 0.15) is 13.8 Å². The molecule has 0 rings (SSSR count). The molecule has 0 heterocycles. The summed E-state index contributed by atoms with van der Waals surface area (Å²) in [4.78, 5) is 11.0. The van der Waals surface area contributed by atoms with Crippen LogP contribution in [0.15, 0.2) is 11.6 Å². The third-order valence-corrected chi connectivity index (χ3v) is 1.19. The molecule has 1 amide bonds. The van der Waals surface area contributed by atoms with E-state index in [1.807, 2.05) is 13.8 Å². The van der Waals surface area contributed by atoms with E-state index in [-0.39, 0.29) is 18.5 Å². The Hall–Kier alpha value is -0.540. The molecule has 0 radical (unpaired) electrons. The molecular formula is C8H15ClN2O.